The van der Waals surface area contributed by atoms with Gasteiger partial charge in [-0.3, -0.25) is 0 Å². The molecule has 1 N–H and O–H groups in total. The van der Waals surface area contributed by atoms with Gasteiger partial charge in [0.25, 0.3) is 0 Å². The number of aromatic nitrogens is 1. The molecule has 0 saturated carbocycles. The Balaban J connectivity index is 2.15. The average molecular weight is 307 g/mol. The summed E-state index contributed by atoms with van der Waals surface area (Å²) < 4.78 is 43.5. The van der Waals surface area contributed by atoms with Crippen molar-refractivity contribution in [2.45, 2.75) is 6.18 Å². The molecule has 3 aromatic rings. The third-order valence-electron chi connectivity index (χ3n) is 3.08. The van der Waals surface area contributed by atoms with Crippen LogP contribution in [-0.2, 0) is 6.18 Å². The lowest BCUT2D eigenvalue weighted by Gasteiger charge is -2.06. The number of aromatic carboxylic acids is 1. The molecule has 0 aliphatic heterocycles. The third kappa shape index (κ3) is 2.41. The number of alkyl halides is 3. The summed E-state index contributed by atoms with van der Waals surface area (Å²) in [6.07, 6.45) is -4.48. The van der Waals surface area contributed by atoms with Gasteiger partial charge in [-0.1, -0.05) is 12.1 Å². The summed E-state index contributed by atoms with van der Waals surface area (Å²) >= 11 is 0. The molecule has 2 aromatic carbocycles. The second kappa shape index (κ2) is 4.87. The summed E-state index contributed by atoms with van der Waals surface area (Å²) in [4.78, 5) is 15.2. The Morgan fingerprint density at radius 1 is 1.14 bits per heavy atom. The number of halogens is 3. The van der Waals surface area contributed by atoms with Crippen molar-refractivity contribution in [2.24, 2.45) is 0 Å². The van der Waals surface area contributed by atoms with Gasteiger partial charge < -0.3 is 9.52 Å². The van der Waals surface area contributed by atoms with E-state index < -0.39 is 17.7 Å². The zero-order chi connectivity index (χ0) is 15.9. The van der Waals surface area contributed by atoms with Gasteiger partial charge in [-0.2, -0.15) is 13.2 Å². The van der Waals surface area contributed by atoms with Crippen LogP contribution >= 0.6 is 0 Å². The first-order valence-electron chi connectivity index (χ1n) is 6.17. The maximum Gasteiger partial charge on any atom is 0.416 e. The fourth-order valence-corrected chi connectivity index (χ4v) is 2.07. The Hall–Kier alpha value is -2.83. The molecule has 22 heavy (non-hydrogen) atoms. The average Bonchev–Trinajstić information content (AvgIpc) is 2.90. The zero-order valence-electron chi connectivity index (χ0n) is 10.9. The summed E-state index contributed by atoms with van der Waals surface area (Å²) in [5, 5.41) is 9.08. The topological polar surface area (TPSA) is 63.3 Å². The van der Waals surface area contributed by atoms with Crippen LogP contribution < -0.4 is 0 Å². The number of nitrogens with zero attached hydrogens (tertiary/aromatic N) is 1. The van der Waals surface area contributed by atoms with E-state index in [0.29, 0.717) is 0 Å². The van der Waals surface area contributed by atoms with Gasteiger partial charge >= 0.3 is 12.1 Å². The predicted molar refractivity (Wildman–Crippen MR) is 71.4 cm³/mol. The number of carboxylic acid groups (broad SMARTS) is 1. The van der Waals surface area contributed by atoms with Crippen LogP contribution in [-0.4, -0.2) is 16.1 Å². The van der Waals surface area contributed by atoms with Crippen molar-refractivity contribution in [3.63, 3.8) is 0 Å². The Kier molecular flexibility index (Phi) is 3.13. The molecular formula is C15H8F3NO3. The molecule has 0 spiro atoms. The minimum Gasteiger partial charge on any atom is -0.478 e. The number of oxazole rings is 1. The lowest BCUT2D eigenvalue weighted by Crippen LogP contribution is -2.04. The van der Waals surface area contributed by atoms with Crippen LogP contribution in [0, 0.1) is 0 Å². The lowest BCUT2D eigenvalue weighted by molar-refractivity contribution is -0.137. The van der Waals surface area contributed by atoms with Crippen molar-refractivity contribution in [3.05, 3.63) is 53.6 Å². The highest BCUT2D eigenvalue weighted by molar-refractivity contribution is 6.00. The van der Waals surface area contributed by atoms with Crippen molar-refractivity contribution in [3.8, 4) is 11.5 Å². The van der Waals surface area contributed by atoms with E-state index in [0.717, 1.165) is 12.1 Å². The van der Waals surface area contributed by atoms with Crippen molar-refractivity contribution < 1.29 is 27.5 Å². The van der Waals surface area contributed by atoms with Gasteiger partial charge in [-0.25, -0.2) is 9.78 Å². The Morgan fingerprint density at radius 2 is 1.86 bits per heavy atom. The summed E-state index contributed by atoms with van der Waals surface area (Å²) in [5.74, 6) is -1.26. The molecule has 0 radical (unpaired) electrons. The summed E-state index contributed by atoms with van der Waals surface area (Å²) in [7, 11) is 0. The minimum atomic E-state index is -4.48. The molecule has 0 fully saturated rings. The quantitative estimate of drug-likeness (QED) is 0.770. The molecule has 0 aliphatic carbocycles. The maximum absolute atomic E-state index is 12.7. The molecule has 4 nitrogen and oxygen atoms in total. The summed E-state index contributed by atoms with van der Waals surface area (Å²) in [6, 6.07) is 8.86. The van der Waals surface area contributed by atoms with E-state index in [4.69, 9.17) is 9.52 Å². The van der Waals surface area contributed by atoms with E-state index in [1.165, 1.54) is 30.3 Å². The highest BCUT2D eigenvalue weighted by atomic mass is 19.4. The predicted octanol–water partition coefficient (Wildman–Crippen LogP) is 4.21. The highest BCUT2D eigenvalue weighted by Crippen LogP contribution is 2.33. The first-order chi connectivity index (χ1) is 10.4. The van der Waals surface area contributed by atoms with Crippen LogP contribution in [0.15, 0.2) is 46.9 Å². The van der Waals surface area contributed by atoms with Crippen LogP contribution in [0.4, 0.5) is 13.2 Å². The molecule has 0 bridgehead atoms. The molecule has 0 atom stereocenters. The number of hydrogen-bond donors (Lipinski definition) is 1. The van der Waals surface area contributed by atoms with E-state index >= 15 is 0 Å². The molecule has 3 rings (SSSR count). The van der Waals surface area contributed by atoms with Gasteiger partial charge in [-0.15, -0.1) is 0 Å². The first kappa shape index (κ1) is 14.1. The van der Waals surface area contributed by atoms with E-state index in [2.05, 4.69) is 4.98 Å². The van der Waals surface area contributed by atoms with Crippen LogP contribution in [0.25, 0.3) is 22.6 Å². The van der Waals surface area contributed by atoms with Crippen LogP contribution in [0.1, 0.15) is 15.9 Å². The molecule has 1 aromatic heterocycles. The Morgan fingerprint density at radius 3 is 2.55 bits per heavy atom. The Labute approximate surface area is 121 Å². The maximum atomic E-state index is 12.7. The number of hydrogen-bond acceptors (Lipinski definition) is 3. The molecule has 7 heteroatoms. The number of fused-ring (bicyclic) bond motifs is 1. The molecule has 0 amide bonds. The number of rotatable bonds is 2. The van der Waals surface area contributed by atoms with Gasteiger partial charge in [0.2, 0.25) is 5.89 Å². The SMILES string of the molecule is O=C(O)c1cccc2nc(-c3cccc(C(F)(F)F)c3)oc12. The standard InChI is InChI=1S/C15H8F3NO3/c16-15(17,18)9-4-1-3-8(7-9)13-19-11-6-2-5-10(14(20)21)12(11)22-13/h1-7H,(H,20,21). The van der Waals surface area contributed by atoms with Gasteiger partial charge in [-0.05, 0) is 30.3 Å². The summed E-state index contributed by atoms with van der Waals surface area (Å²) in [5.41, 5.74) is -0.494. The fraction of sp³-hybridized carbons (Fsp3) is 0.0667. The van der Waals surface area contributed by atoms with E-state index in [-0.39, 0.29) is 28.1 Å². The molecule has 112 valence electrons. The molecule has 0 saturated heterocycles. The van der Waals surface area contributed by atoms with Crippen molar-refractivity contribution >= 4 is 17.1 Å². The number of carboxylic acids is 1. The molecule has 0 unspecified atom stereocenters. The molecule has 1 heterocycles. The van der Waals surface area contributed by atoms with Gasteiger partial charge in [0.1, 0.15) is 11.1 Å². The third-order valence-corrected chi connectivity index (χ3v) is 3.08. The number of carbonyl (C=O) groups is 1. The number of para-hydroxylation sites is 1. The first-order valence-corrected chi connectivity index (χ1v) is 6.17. The molecule has 0 aliphatic rings. The second-order valence-electron chi connectivity index (χ2n) is 4.56. The van der Waals surface area contributed by atoms with Crippen molar-refractivity contribution in [2.75, 3.05) is 0 Å². The monoisotopic (exact) mass is 307 g/mol. The van der Waals surface area contributed by atoms with Crippen molar-refractivity contribution in [1.82, 2.24) is 4.98 Å². The van der Waals surface area contributed by atoms with Gasteiger partial charge in [0.05, 0.1) is 5.56 Å². The van der Waals surface area contributed by atoms with Gasteiger partial charge in [0, 0.05) is 5.56 Å². The largest absolute Gasteiger partial charge is 0.478 e. The van der Waals surface area contributed by atoms with Crippen molar-refractivity contribution in [1.29, 1.82) is 0 Å². The number of benzene rings is 2. The Bertz CT molecular complexity index is 868. The second-order valence-corrected chi connectivity index (χ2v) is 4.56. The van der Waals surface area contributed by atoms with E-state index in [1.54, 1.807) is 0 Å². The normalized spacial score (nSPS) is 11.8. The van der Waals surface area contributed by atoms with Crippen LogP contribution in [0.3, 0.4) is 0 Å². The lowest BCUT2D eigenvalue weighted by atomic mass is 10.1. The van der Waals surface area contributed by atoms with E-state index in [1.807, 2.05) is 0 Å². The fourth-order valence-electron chi connectivity index (χ4n) is 2.07. The van der Waals surface area contributed by atoms with Gasteiger partial charge in [0.15, 0.2) is 5.58 Å². The highest BCUT2D eigenvalue weighted by Gasteiger charge is 2.30. The van der Waals surface area contributed by atoms with Crippen LogP contribution in [0.2, 0.25) is 0 Å². The molecular weight excluding hydrogens is 299 g/mol. The van der Waals surface area contributed by atoms with Crippen LogP contribution in [0.5, 0.6) is 0 Å². The zero-order valence-corrected chi connectivity index (χ0v) is 10.9. The minimum absolute atomic E-state index is 0.0300. The summed E-state index contributed by atoms with van der Waals surface area (Å²) in [6.45, 7) is 0. The smallest absolute Gasteiger partial charge is 0.416 e. The van der Waals surface area contributed by atoms with E-state index in [9.17, 15) is 18.0 Å².